The Hall–Kier alpha value is -3.39. The topological polar surface area (TPSA) is 77.1 Å². The number of imide groups is 1. The van der Waals surface area contributed by atoms with E-state index in [0.717, 1.165) is 4.90 Å². The van der Waals surface area contributed by atoms with E-state index in [9.17, 15) is 14.0 Å². The van der Waals surface area contributed by atoms with E-state index in [1.165, 1.54) is 32.4 Å². The van der Waals surface area contributed by atoms with Gasteiger partial charge >= 0.3 is 0 Å². The molecule has 3 rings (SSSR count). The predicted octanol–water partition coefficient (Wildman–Crippen LogP) is 3.46. The maximum absolute atomic E-state index is 13.7. The maximum Gasteiger partial charge on any atom is 0.278 e. The number of rotatable bonds is 9. The highest BCUT2D eigenvalue weighted by molar-refractivity contribution is 6.36. The van der Waals surface area contributed by atoms with Crippen LogP contribution in [0.4, 0.5) is 10.1 Å². The van der Waals surface area contributed by atoms with E-state index in [1.807, 2.05) is 13.8 Å². The van der Waals surface area contributed by atoms with Crippen molar-refractivity contribution in [3.05, 3.63) is 59.5 Å². The molecule has 1 aliphatic heterocycles. The van der Waals surface area contributed by atoms with E-state index in [0.29, 0.717) is 22.7 Å². The molecule has 0 fully saturated rings. The number of nitrogens with one attached hydrogen (secondary N) is 1. The number of amides is 2. The van der Waals surface area contributed by atoms with Crippen molar-refractivity contribution in [2.45, 2.75) is 20.0 Å². The normalized spacial score (nSPS) is 13.9. The van der Waals surface area contributed by atoms with Gasteiger partial charge in [-0.05, 0) is 49.7 Å². The number of carbonyl (C=O) groups is 2. The van der Waals surface area contributed by atoms with Gasteiger partial charge in [-0.15, -0.1) is 0 Å². The van der Waals surface area contributed by atoms with Crippen molar-refractivity contribution in [1.29, 1.82) is 0 Å². The van der Waals surface area contributed by atoms with Crippen LogP contribution in [0, 0.1) is 5.82 Å². The lowest BCUT2D eigenvalue weighted by molar-refractivity contribution is -0.137. The fourth-order valence-electron chi connectivity index (χ4n) is 3.24. The molecule has 0 atom stereocenters. The second kappa shape index (κ2) is 9.61. The molecule has 8 heteroatoms. The molecule has 2 aromatic rings. The van der Waals surface area contributed by atoms with Gasteiger partial charge in [0.05, 0.1) is 39.0 Å². The van der Waals surface area contributed by atoms with Gasteiger partial charge in [-0.1, -0.05) is 12.1 Å². The van der Waals surface area contributed by atoms with Crippen molar-refractivity contribution in [2.24, 2.45) is 0 Å². The fraction of sp³-hybridized carbons (Fsp3) is 0.304. The third kappa shape index (κ3) is 4.86. The van der Waals surface area contributed by atoms with Gasteiger partial charge < -0.3 is 19.5 Å². The first-order chi connectivity index (χ1) is 14.8. The van der Waals surface area contributed by atoms with Crippen LogP contribution >= 0.6 is 0 Å². The van der Waals surface area contributed by atoms with Gasteiger partial charge in [0, 0.05) is 5.69 Å². The highest BCUT2D eigenvalue weighted by atomic mass is 19.1. The maximum atomic E-state index is 13.7. The lowest BCUT2D eigenvalue weighted by Crippen LogP contribution is -2.35. The minimum absolute atomic E-state index is 0.0315. The summed E-state index contributed by atoms with van der Waals surface area (Å²) in [5.41, 5.74) is 1.06. The van der Waals surface area contributed by atoms with Crippen LogP contribution in [0.3, 0.4) is 0 Å². The van der Waals surface area contributed by atoms with Crippen molar-refractivity contribution in [2.75, 3.05) is 32.7 Å². The van der Waals surface area contributed by atoms with Gasteiger partial charge in [0.1, 0.15) is 11.5 Å². The zero-order chi connectivity index (χ0) is 22.5. The van der Waals surface area contributed by atoms with Gasteiger partial charge in [-0.3, -0.25) is 14.5 Å². The number of carbonyl (C=O) groups excluding carboxylic acids is 2. The summed E-state index contributed by atoms with van der Waals surface area (Å²) in [5.74, 6) is -0.531. The third-order valence-corrected chi connectivity index (χ3v) is 4.70. The average molecular weight is 428 g/mol. The zero-order valence-corrected chi connectivity index (χ0v) is 17.9. The number of anilines is 1. The molecule has 0 saturated heterocycles. The molecular formula is C23H25FN2O5. The number of methoxy groups -OCH3 is 2. The van der Waals surface area contributed by atoms with Gasteiger partial charge in [0.2, 0.25) is 0 Å². The summed E-state index contributed by atoms with van der Waals surface area (Å²) in [4.78, 5) is 27.5. The lowest BCUT2D eigenvalue weighted by atomic mass is 10.0. The Morgan fingerprint density at radius 1 is 1.00 bits per heavy atom. The monoisotopic (exact) mass is 428 g/mol. The smallest absolute Gasteiger partial charge is 0.278 e. The van der Waals surface area contributed by atoms with Gasteiger partial charge in [0.25, 0.3) is 11.8 Å². The quantitative estimate of drug-likeness (QED) is 0.617. The Morgan fingerprint density at radius 3 is 2.39 bits per heavy atom. The summed E-state index contributed by atoms with van der Waals surface area (Å²) < 4.78 is 29.8. The Kier molecular flexibility index (Phi) is 6.91. The van der Waals surface area contributed by atoms with Gasteiger partial charge in [-0.2, -0.15) is 0 Å². The second-order valence-electron chi connectivity index (χ2n) is 7.14. The minimum Gasteiger partial charge on any atom is -0.493 e. The highest BCUT2D eigenvalue weighted by Crippen LogP contribution is 2.35. The van der Waals surface area contributed by atoms with Crippen molar-refractivity contribution in [1.82, 2.24) is 4.90 Å². The number of nitrogens with zero attached hydrogens (tertiary/aromatic N) is 1. The minimum atomic E-state index is -0.508. The molecule has 1 heterocycles. The SMILES string of the molecule is COc1ccc(C2=C(Nc3cccc(F)c3)C(=O)N(CCOC(C)C)C2=O)cc1OC. The Balaban J connectivity index is 2.02. The molecule has 31 heavy (non-hydrogen) atoms. The van der Waals surface area contributed by atoms with Gasteiger partial charge in [-0.25, -0.2) is 4.39 Å². The molecule has 0 saturated carbocycles. The van der Waals surface area contributed by atoms with E-state index in [1.54, 1.807) is 24.3 Å². The number of benzene rings is 2. The number of hydrogen-bond donors (Lipinski definition) is 1. The van der Waals surface area contributed by atoms with Crippen molar-refractivity contribution >= 4 is 23.1 Å². The summed E-state index contributed by atoms with van der Waals surface area (Å²) >= 11 is 0. The Morgan fingerprint density at radius 2 is 1.74 bits per heavy atom. The molecule has 2 amide bonds. The predicted molar refractivity (Wildman–Crippen MR) is 114 cm³/mol. The third-order valence-electron chi connectivity index (χ3n) is 4.70. The van der Waals surface area contributed by atoms with Crippen LogP contribution in [0.15, 0.2) is 48.2 Å². The summed E-state index contributed by atoms with van der Waals surface area (Å²) in [6.45, 7) is 4.05. The number of hydrogen-bond acceptors (Lipinski definition) is 6. The molecule has 0 aromatic heterocycles. The van der Waals surface area contributed by atoms with Crippen molar-refractivity contribution in [3.8, 4) is 11.5 Å². The number of halogens is 1. The first-order valence-electron chi connectivity index (χ1n) is 9.82. The summed E-state index contributed by atoms with van der Waals surface area (Å²) in [7, 11) is 2.99. The molecule has 0 bridgehead atoms. The van der Waals surface area contributed by atoms with E-state index in [2.05, 4.69) is 5.32 Å². The molecule has 1 N–H and O–H groups in total. The summed E-state index contributed by atoms with van der Waals surface area (Å²) in [6, 6.07) is 10.6. The molecule has 2 aromatic carbocycles. The van der Waals surface area contributed by atoms with E-state index in [-0.39, 0.29) is 30.5 Å². The van der Waals surface area contributed by atoms with E-state index < -0.39 is 17.6 Å². The average Bonchev–Trinajstić information content (AvgIpc) is 2.97. The van der Waals surface area contributed by atoms with Crippen LogP contribution in [0.2, 0.25) is 0 Å². The standard InChI is InChI=1S/C23H25FN2O5/c1-14(2)31-11-10-26-22(27)20(15-8-9-18(29-3)19(12-15)30-4)21(23(26)28)25-17-7-5-6-16(24)13-17/h5-9,12-14,25H,10-11H2,1-4H3. The summed E-state index contributed by atoms with van der Waals surface area (Å²) in [5, 5.41) is 2.92. The molecule has 1 aliphatic rings. The first kappa shape index (κ1) is 22.3. The van der Waals surface area contributed by atoms with Crippen LogP contribution in [0.1, 0.15) is 19.4 Å². The first-order valence-corrected chi connectivity index (χ1v) is 9.82. The number of ether oxygens (including phenoxy) is 3. The Labute approximate surface area is 180 Å². The molecule has 0 unspecified atom stereocenters. The van der Waals surface area contributed by atoms with Crippen molar-refractivity contribution in [3.63, 3.8) is 0 Å². The molecule has 164 valence electrons. The fourth-order valence-corrected chi connectivity index (χ4v) is 3.24. The molecule has 0 radical (unpaired) electrons. The van der Waals surface area contributed by atoms with Crippen LogP contribution in [-0.4, -0.2) is 50.2 Å². The molecular weight excluding hydrogens is 403 g/mol. The van der Waals surface area contributed by atoms with E-state index >= 15 is 0 Å². The van der Waals surface area contributed by atoms with E-state index in [4.69, 9.17) is 14.2 Å². The van der Waals surface area contributed by atoms with Crippen LogP contribution < -0.4 is 14.8 Å². The molecule has 0 spiro atoms. The van der Waals surface area contributed by atoms with Crippen molar-refractivity contribution < 1.29 is 28.2 Å². The lowest BCUT2D eigenvalue weighted by Gasteiger charge is -2.16. The summed E-state index contributed by atoms with van der Waals surface area (Å²) in [6.07, 6.45) is -0.0315. The van der Waals surface area contributed by atoms with Crippen LogP contribution in [-0.2, 0) is 14.3 Å². The zero-order valence-electron chi connectivity index (χ0n) is 17.9. The van der Waals surface area contributed by atoms with Crippen LogP contribution in [0.25, 0.3) is 5.57 Å². The Bertz CT molecular complexity index is 1020. The molecule has 0 aliphatic carbocycles. The largest absolute Gasteiger partial charge is 0.493 e. The second-order valence-corrected chi connectivity index (χ2v) is 7.14. The van der Waals surface area contributed by atoms with Crippen LogP contribution in [0.5, 0.6) is 11.5 Å². The molecule has 7 nitrogen and oxygen atoms in total. The van der Waals surface area contributed by atoms with Gasteiger partial charge in [0.15, 0.2) is 11.5 Å². The highest BCUT2D eigenvalue weighted by Gasteiger charge is 2.39.